The molecule has 1 aromatic heterocycles. The predicted molar refractivity (Wildman–Crippen MR) is 82.9 cm³/mol. The number of rotatable bonds is 5. The SMILES string of the molecule is O=C(NC12CCC(F)(CC1)CC2)NC(O)(O)c1ccnc(OC(F)F)c1. The number of ether oxygens (including phenoxy) is 1. The first kappa shape index (κ1) is 18.7. The number of pyridine rings is 1. The third-order valence-electron chi connectivity index (χ3n) is 5.17. The molecule has 3 aliphatic carbocycles. The molecule has 0 aliphatic heterocycles. The van der Waals surface area contributed by atoms with E-state index >= 15 is 0 Å². The summed E-state index contributed by atoms with van der Waals surface area (Å²) in [6, 6.07) is 1.16. The van der Waals surface area contributed by atoms with E-state index < -0.39 is 35.6 Å². The van der Waals surface area contributed by atoms with Gasteiger partial charge in [0, 0.05) is 23.4 Å². The third-order valence-corrected chi connectivity index (χ3v) is 5.17. The molecule has 0 unspecified atom stereocenters. The van der Waals surface area contributed by atoms with Crippen LogP contribution in [0.1, 0.15) is 44.1 Å². The van der Waals surface area contributed by atoms with Gasteiger partial charge in [0.25, 0.3) is 5.91 Å². The lowest BCUT2D eigenvalue weighted by molar-refractivity contribution is -0.185. The van der Waals surface area contributed by atoms with Gasteiger partial charge in [-0.15, -0.1) is 0 Å². The smallest absolute Gasteiger partial charge is 0.388 e. The molecule has 10 heteroatoms. The lowest BCUT2D eigenvalue weighted by Crippen LogP contribution is -2.61. The summed E-state index contributed by atoms with van der Waals surface area (Å²) in [5.74, 6) is -3.35. The van der Waals surface area contributed by atoms with Crippen molar-refractivity contribution in [2.75, 3.05) is 0 Å². The number of carbonyl (C=O) groups excluding carboxylic acids is 1. The van der Waals surface area contributed by atoms with Gasteiger partial charge in [-0.1, -0.05) is 0 Å². The quantitative estimate of drug-likeness (QED) is 0.589. The lowest BCUT2D eigenvalue weighted by Gasteiger charge is -2.50. The molecular formula is C16H20F3N3O4. The van der Waals surface area contributed by atoms with Crippen LogP contribution >= 0.6 is 0 Å². The van der Waals surface area contributed by atoms with Crippen LogP contribution in [0.2, 0.25) is 0 Å². The Labute approximate surface area is 147 Å². The lowest BCUT2D eigenvalue weighted by atomic mass is 9.64. The number of alkyl halides is 3. The van der Waals surface area contributed by atoms with E-state index in [2.05, 4.69) is 15.0 Å². The van der Waals surface area contributed by atoms with E-state index in [0.29, 0.717) is 38.5 Å². The molecule has 3 saturated carbocycles. The summed E-state index contributed by atoms with van der Waals surface area (Å²) in [6.07, 6.45) is 3.53. The zero-order chi connectivity index (χ0) is 19.0. The van der Waals surface area contributed by atoms with Crippen molar-refractivity contribution in [2.24, 2.45) is 0 Å². The number of nitrogens with zero attached hydrogens (tertiary/aromatic N) is 1. The van der Waals surface area contributed by atoms with Gasteiger partial charge in [0.05, 0.1) is 0 Å². The monoisotopic (exact) mass is 375 g/mol. The van der Waals surface area contributed by atoms with Crippen LogP contribution in [0.15, 0.2) is 18.3 Å². The summed E-state index contributed by atoms with van der Waals surface area (Å²) in [7, 11) is 0. The van der Waals surface area contributed by atoms with Crippen molar-refractivity contribution in [1.29, 1.82) is 0 Å². The van der Waals surface area contributed by atoms with Crippen molar-refractivity contribution < 1.29 is 32.9 Å². The number of amides is 2. The van der Waals surface area contributed by atoms with E-state index in [-0.39, 0.29) is 5.56 Å². The van der Waals surface area contributed by atoms with Gasteiger partial charge in [-0.2, -0.15) is 8.78 Å². The van der Waals surface area contributed by atoms with Gasteiger partial charge in [-0.3, -0.25) is 5.32 Å². The minimum absolute atomic E-state index is 0.300. The fraction of sp³-hybridized carbons (Fsp3) is 0.625. The topological polar surface area (TPSA) is 104 Å². The van der Waals surface area contributed by atoms with Crippen LogP contribution < -0.4 is 15.4 Å². The summed E-state index contributed by atoms with van der Waals surface area (Å²) in [4.78, 5) is 15.7. The molecule has 0 atom stereocenters. The van der Waals surface area contributed by atoms with Gasteiger partial charge in [-0.25, -0.2) is 14.2 Å². The molecule has 1 aromatic rings. The van der Waals surface area contributed by atoms with Crippen molar-refractivity contribution in [1.82, 2.24) is 15.6 Å². The highest BCUT2D eigenvalue weighted by Crippen LogP contribution is 2.48. The van der Waals surface area contributed by atoms with Gasteiger partial charge < -0.3 is 20.3 Å². The van der Waals surface area contributed by atoms with Crippen LogP contribution in [0, 0.1) is 0 Å². The van der Waals surface area contributed by atoms with E-state index in [1.165, 1.54) is 0 Å². The number of urea groups is 1. The van der Waals surface area contributed by atoms with Crippen molar-refractivity contribution in [3.8, 4) is 5.88 Å². The molecule has 1 heterocycles. The number of halogens is 3. The molecule has 4 N–H and O–H groups in total. The highest BCUT2D eigenvalue weighted by atomic mass is 19.3. The molecule has 0 aromatic carbocycles. The number of hydrogen-bond acceptors (Lipinski definition) is 5. The highest BCUT2D eigenvalue weighted by Gasteiger charge is 2.50. The van der Waals surface area contributed by atoms with Crippen LogP contribution in [-0.4, -0.2) is 39.0 Å². The first-order chi connectivity index (χ1) is 12.1. The Bertz CT molecular complexity index is 662. The Morgan fingerprint density at radius 2 is 1.85 bits per heavy atom. The molecular weight excluding hydrogens is 355 g/mol. The number of fused-ring (bicyclic) bond motifs is 3. The first-order valence-electron chi connectivity index (χ1n) is 8.27. The molecule has 4 rings (SSSR count). The zero-order valence-electron chi connectivity index (χ0n) is 13.8. The molecule has 0 radical (unpaired) electrons. The van der Waals surface area contributed by atoms with Crippen LogP contribution in [0.25, 0.3) is 0 Å². The second-order valence-corrected chi connectivity index (χ2v) is 6.94. The molecule has 3 aliphatic rings. The Hall–Kier alpha value is -2.07. The van der Waals surface area contributed by atoms with E-state index in [4.69, 9.17) is 0 Å². The Morgan fingerprint density at radius 3 is 2.42 bits per heavy atom. The van der Waals surface area contributed by atoms with Crippen molar-refractivity contribution in [3.63, 3.8) is 0 Å². The molecule has 26 heavy (non-hydrogen) atoms. The minimum Gasteiger partial charge on any atom is -0.417 e. The number of aliphatic hydroxyl groups is 2. The first-order valence-corrected chi connectivity index (χ1v) is 8.27. The summed E-state index contributed by atoms with van der Waals surface area (Å²) in [6.45, 7) is -3.12. The number of hydrogen-bond donors (Lipinski definition) is 4. The maximum Gasteiger partial charge on any atom is 0.388 e. The van der Waals surface area contributed by atoms with Crippen molar-refractivity contribution in [3.05, 3.63) is 23.9 Å². The zero-order valence-corrected chi connectivity index (χ0v) is 13.8. The summed E-state index contributed by atoms with van der Waals surface area (Å²) >= 11 is 0. The van der Waals surface area contributed by atoms with Gasteiger partial charge in [0.1, 0.15) is 5.67 Å². The third kappa shape index (κ3) is 4.01. The maximum absolute atomic E-state index is 14.2. The van der Waals surface area contributed by atoms with Crippen molar-refractivity contribution in [2.45, 2.75) is 62.3 Å². The highest BCUT2D eigenvalue weighted by molar-refractivity contribution is 5.75. The van der Waals surface area contributed by atoms with E-state index in [1.807, 2.05) is 5.32 Å². The van der Waals surface area contributed by atoms with Gasteiger partial charge >= 0.3 is 12.6 Å². The van der Waals surface area contributed by atoms with Gasteiger partial charge in [0.2, 0.25) is 5.88 Å². The molecule has 2 amide bonds. The second-order valence-electron chi connectivity index (χ2n) is 6.94. The molecule has 0 saturated heterocycles. The van der Waals surface area contributed by atoms with Crippen molar-refractivity contribution >= 4 is 6.03 Å². The number of aromatic nitrogens is 1. The van der Waals surface area contributed by atoms with Crippen LogP contribution in [-0.2, 0) is 5.91 Å². The standard InChI is InChI=1S/C16H20F3N3O4/c17-12(18)26-11-9-10(1-8-20-11)16(24,25)22-13(23)21-15-5-2-14(19,3-6-15)4-7-15/h1,8-9,12,24-25H,2-7H2,(H2,21,22,23). The summed E-state index contributed by atoms with van der Waals surface area (Å²) < 4.78 is 42.8. The van der Waals surface area contributed by atoms with Crippen LogP contribution in [0.4, 0.5) is 18.0 Å². The molecule has 144 valence electrons. The molecule has 3 fully saturated rings. The van der Waals surface area contributed by atoms with E-state index in [1.54, 1.807) is 0 Å². The Kier molecular flexibility index (Phi) is 4.74. The van der Waals surface area contributed by atoms with Crippen LogP contribution in [0.5, 0.6) is 5.88 Å². The van der Waals surface area contributed by atoms with Gasteiger partial charge in [-0.05, 0) is 44.6 Å². The Morgan fingerprint density at radius 1 is 1.23 bits per heavy atom. The van der Waals surface area contributed by atoms with Crippen LogP contribution in [0.3, 0.4) is 0 Å². The fourth-order valence-electron chi connectivity index (χ4n) is 3.61. The second kappa shape index (κ2) is 6.58. The number of nitrogens with one attached hydrogen (secondary N) is 2. The summed E-state index contributed by atoms with van der Waals surface area (Å²) in [5, 5.41) is 24.9. The Balaban J connectivity index is 1.65. The average molecular weight is 375 g/mol. The van der Waals surface area contributed by atoms with E-state index in [9.17, 15) is 28.2 Å². The number of carbonyl (C=O) groups is 1. The maximum atomic E-state index is 14.2. The average Bonchev–Trinajstić information content (AvgIpc) is 2.55. The summed E-state index contributed by atoms with van der Waals surface area (Å²) in [5.41, 5.74) is -2.03. The molecule has 2 bridgehead atoms. The largest absolute Gasteiger partial charge is 0.417 e. The molecule has 0 spiro atoms. The van der Waals surface area contributed by atoms with E-state index in [0.717, 1.165) is 18.3 Å². The minimum atomic E-state index is -3.12. The normalized spacial score (nSPS) is 28.1. The fourth-order valence-corrected chi connectivity index (χ4v) is 3.61. The molecule has 7 nitrogen and oxygen atoms in total. The predicted octanol–water partition coefficient (Wildman–Crippen LogP) is 1.89. The van der Waals surface area contributed by atoms with Gasteiger partial charge in [0.15, 0.2) is 0 Å².